The molecule has 98 valence electrons. The van der Waals surface area contributed by atoms with Crippen LogP contribution >= 0.6 is 11.8 Å². The van der Waals surface area contributed by atoms with Crippen LogP contribution in [0.1, 0.15) is 24.3 Å². The summed E-state index contributed by atoms with van der Waals surface area (Å²) >= 11 is 1.05. The highest BCUT2D eigenvalue weighted by atomic mass is 32.2. The number of thioether (sulfide) groups is 1. The number of carboxylic acids is 1. The summed E-state index contributed by atoms with van der Waals surface area (Å²) in [4.78, 5) is 10.5. The largest absolute Gasteiger partial charge is 0.481 e. The predicted octanol–water partition coefficient (Wildman–Crippen LogP) is 2.33. The zero-order valence-corrected chi connectivity index (χ0v) is 10.9. The molecular weight excluding hydrogens is 264 g/mol. The van der Waals surface area contributed by atoms with Crippen LogP contribution in [-0.2, 0) is 10.2 Å². The van der Waals surface area contributed by atoms with E-state index in [2.05, 4.69) is 22.3 Å². The Morgan fingerprint density at radius 3 is 2.68 bits per heavy atom. The molecule has 0 spiro atoms. The molecule has 1 aliphatic carbocycles. The van der Waals surface area contributed by atoms with Crippen LogP contribution in [0.4, 0.5) is 0 Å². The molecule has 0 atom stereocenters. The zero-order valence-electron chi connectivity index (χ0n) is 10.1. The smallest absolute Gasteiger partial charge is 0.314 e. The van der Waals surface area contributed by atoms with Gasteiger partial charge in [-0.1, -0.05) is 42.1 Å². The summed E-state index contributed by atoms with van der Waals surface area (Å²) in [6.07, 6.45) is 1.98. The van der Waals surface area contributed by atoms with Crippen molar-refractivity contribution in [3.63, 3.8) is 0 Å². The minimum absolute atomic E-state index is 0.0695. The third-order valence-corrected chi connectivity index (χ3v) is 4.01. The highest BCUT2D eigenvalue weighted by Crippen LogP contribution is 2.53. The maximum atomic E-state index is 10.5. The van der Waals surface area contributed by atoms with Crippen LogP contribution < -0.4 is 0 Å². The Hall–Kier alpha value is -1.82. The molecule has 3 rings (SSSR count). The van der Waals surface area contributed by atoms with Crippen molar-refractivity contribution >= 4 is 17.7 Å². The molecule has 1 aromatic carbocycles. The Morgan fingerprint density at radius 2 is 2.05 bits per heavy atom. The lowest BCUT2D eigenvalue weighted by atomic mass is 9.96. The maximum Gasteiger partial charge on any atom is 0.314 e. The SMILES string of the molecule is O=C(O)CSc1nnc(C2(c3ccccc3)CC2)o1. The molecule has 6 heteroatoms. The molecule has 0 bridgehead atoms. The molecule has 19 heavy (non-hydrogen) atoms. The number of aromatic nitrogens is 2. The molecule has 5 nitrogen and oxygen atoms in total. The fraction of sp³-hybridized carbons (Fsp3) is 0.308. The van der Waals surface area contributed by atoms with Gasteiger partial charge in [-0.15, -0.1) is 10.2 Å². The summed E-state index contributed by atoms with van der Waals surface area (Å²) in [5.74, 6) is -0.375. The van der Waals surface area contributed by atoms with E-state index < -0.39 is 5.97 Å². The molecule has 0 radical (unpaired) electrons. The van der Waals surface area contributed by atoms with Gasteiger partial charge in [0.25, 0.3) is 5.22 Å². The summed E-state index contributed by atoms with van der Waals surface area (Å²) in [5, 5.41) is 16.9. The lowest BCUT2D eigenvalue weighted by molar-refractivity contribution is -0.133. The molecule has 1 fully saturated rings. The average molecular weight is 276 g/mol. The van der Waals surface area contributed by atoms with Gasteiger partial charge < -0.3 is 9.52 Å². The predicted molar refractivity (Wildman–Crippen MR) is 69.1 cm³/mol. The summed E-state index contributed by atoms with van der Waals surface area (Å²) < 4.78 is 5.59. The van der Waals surface area contributed by atoms with Crippen molar-refractivity contribution in [2.75, 3.05) is 5.75 Å². The molecule has 0 unspecified atom stereocenters. The molecular formula is C13H12N2O3S. The van der Waals surface area contributed by atoms with Crippen LogP contribution in [0.5, 0.6) is 0 Å². The number of hydrogen-bond acceptors (Lipinski definition) is 5. The van der Waals surface area contributed by atoms with Gasteiger partial charge in [0.15, 0.2) is 0 Å². The van der Waals surface area contributed by atoms with Gasteiger partial charge in [0.1, 0.15) is 5.75 Å². The molecule has 1 saturated carbocycles. The van der Waals surface area contributed by atoms with Gasteiger partial charge >= 0.3 is 5.97 Å². The van der Waals surface area contributed by atoms with Crippen LogP contribution in [-0.4, -0.2) is 27.0 Å². The molecule has 1 aromatic heterocycles. The Bertz CT molecular complexity index is 593. The van der Waals surface area contributed by atoms with E-state index in [0.717, 1.165) is 24.6 Å². The Balaban J connectivity index is 1.81. The first kappa shape index (κ1) is 12.2. The highest BCUT2D eigenvalue weighted by Gasteiger charge is 2.50. The fourth-order valence-electron chi connectivity index (χ4n) is 2.09. The zero-order chi connectivity index (χ0) is 13.3. The number of aliphatic carboxylic acids is 1. The lowest BCUT2D eigenvalue weighted by Gasteiger charge is -2.09. The van der Waals surface area contributed by atoms with Crippen molar-refractivity contribution in [2.45, 2.75) is 23.5 Å². The van der Waals surface area contributed by atoms with E-state index in [4.69, 9.17) is 9.52 Å². The maximum absolute atomic E-state index is 10.5. The van der Waals surface area contributed by atoms with Crippen molar-refractivity contribution in [3.05, 3.63) is 41.8 Å². The van der Waals surface area contributed by atoms with Crippen molar-refractivity contribution in [1.82, 2.24) is 10.2 Å². The Labute approximate surface area is 114 Å². The standard InChI is InChI=1S/C13H12N2O3S/c16-10(17)8-19-12-15-14-11(18-12)13(6-7-13)9-4-2-1-3-5-9/h1-5H,6-8H2,(H,16,17). The number of carboxylic acid groups (broad SMARTS) is 1. The third-order valence-electron chi connectivity index (χ3n) is 3.21. The second-order valence-corrected chi connectivity index (χ2v) is 5.43. The first-order valence-corrected chi connectivity index (χ1v) is 6.93. The van der Waals surface area contributed by atoms with Crippen molar-refractivity contribution in [3.8, 4) is 0 Å². The van der Waals surface area contributed by atoms with Crippen LogP contribution in [0.25, 0.3) is 0 Å². The molecule has 2 aromatic rings. The monoisotopic (exact) mass is 276 g/mol. The van der Waals surface area contributed by atoms with Crippen LogP contribution in [0.15, 0.2) is 40.0 Å². The van der Waals surface area contributed by atoms with E-state index >= 15 is 0 Å². The highest BCUT2D eigenvalue weighted by molar-refractivity contribution is 7.99. The molecule has 0 saturated heterocycles. The van der Waals surface area contributed by atoms with Gasteiger partial charge in [-0.2, -0.15) is 0 Å². The Kier molecular flexibility index (Phi) is 3.02. The summed E-state index contributed by atoms with van der Waals surface area (Å²) in [6.45, 7) is 0. The van der Waals surface area contributed by atoms with Gasteiger partial charge in [0.2, 0.25) is 5.89 Å². The number of carbonyl (C=O) groups is 1. The number of benzene rings is 1. The van der Waals surface area contributed by atoms with Gasteiger partial charge in [0, 0.05) is 0 Å². The second-order valence-electron chi connectivity index (χ2n) is 4.50. The van der Waals surface area contributed by atoms with E-state index in [0.29, 0.717) is 11.1 Å². The summed E-state index contributed by atoms with van der Waals surface area (Å²) in [5.41, 5.74) is 1.02. The van der Waals surface area contributed by atoms with E-state index in [-0.39, 0.29) is 11.2 Å². The van der Waals surface area contributed by atoms with E-state index in [1.165, 1.54) is 5.56 Å². The topological polar surface area (TPSA) is 76.2 Å². The molecule has 1 heterocycles. The molecule has 1 N–H and O–H groups in total. The van der Waals surface area contributed by atoms with Crippen molar-refractivity contribution in [1.29, 1.82) is 0 Å². The average Bonchev–Trinajstić information content (AvgIpc) is 3.10. The van der Waals surface area contributed by atoms with E-state index in [1.807, 2.05) is 18.2 Å². The van der Waals surface area contributed by atoms with Crippen LogP contribution in [0, 0.1) is 0 Å². The van der Waals surface area contributed by atoms with E-state index in [9.17, 15) is 4.79 Å². The van der Waals surface area contributed by atoms with Crippen LogP contribution in [0.2, 0.25) is 0 Å². The number of nitrogens with zero attached hydrogens (tertiary/aromatic N) is 2. The minimum atomic E-state index is -0.894. The van der Waals surface area contributed by atoms with E-state index in [1.54, 1.807) is 0 Å². The van der Waals surface area contributed by atoms with Crippen LogP contribution in [0.3, 0.4) is 0 Å². The lowest BCUT2D eigenvalue weighted by Crippen LogP contribution is -2.08. The minimum Gasteiger partial charge on any atom is -0.481 e. The summed E-state index contributed by atoms with van der Waals surface area (Å²) in [7, 11) is 0. The van der Waals surface area contributed by atoms with Gasteiger partial charge in [-0.05, 0) is 18.4 Å². The molecule has 0 amide bonds. The van der Waals surface area contributed by atoms with Crippen molar-refractivity contribution < 1.29 is 14.3 Å². The normalized spacial score (nSPS) is 16.2. The van der Waals surface area contributed by atoms with Gasteiger partial charge in [-0.25, -0.2) is 0 Å². The summed E-state index contributed by atoms with van der Waals surface area (Å²) in [6, 6.07) is 10.1. The molecule has 0 aliphatic heterocycles. The fourth-order valence-corrected chi connectivity index (χ4v) is 2.58. The quantitative estimate of drug-likeness (QED) is 0.845. The third kappa shape index (κ3) is 2.35. The Morgan fingerprint density at radius 1 is 1.32 bits per heavy atom. The van der Waals surface area contributed by atoms with Crippen molar-refractivity contribution in [2.24, 2.45) is 0 Å². The second kappa shape index (κ2) is 4.70. The number of hydrogen-bond donors (Lipinski definition) is 1. The van der Waals surface area contributed by atoms with Gasteiger partial charge in [-0.3, -0.25) is 4.79 Å². The molecule has 1 aliphatic rings. The number of rotatable bonds is 5. The first-order chi connectivity index (χ1) is 9.21. The first-order valence-electron chi connectivity index (χ1n) is 5.95. The van der Waals surface area contributed by atoms with Gasteiger partial charge in [0.05, 0.1) is 5.41 Å².